The summed E-state index contributed by atoms with van der Waals surface area (Å²) in [4.78, 5) is 24.7. The molecule has 0 aromatic rings. The zero-order valence-corrected chi connectivity index (χ0v) is 17.9. The Morgan fingerprint density at radius 1 is 1.07 bits per heavy atom. The number of nitrogens with two attached hydrogens (primary N) is 1. The van der Waals surface area contributed by atoms with Crippen molar-refractivity contribution in [3.05, 3.63) is 0 Å². The summed E-state index contributed by atoms with van der Waals surface area (Å²) >= 11 is 0. The average molecular weight is 408 g/mol. The summed E-state index contributed by atoms with van der Waals surface area (Å²) in [5, 5.41) is 7.99. The van der Waals surface area contributed by atoms with E-state index in [1.807, 2.05) is 0 Å². The van der Waals surface area contributed by atoms with Crippen molar-refractivity contribution in [1.29, 1.82) is 0 Å². The molecule has 0 saturated heterocycles. The van der Waals surface area contributed by atoms with Gasteiger partial charge in [-0.05, 0) is 54.4 Å². The van der Waals surface area contributed by atoms with E-state index < -0.39 is 39.1 Å². The van der Waals surface area contributed by atoms with Gasteiger partial charge in [-0.25, -0.2) is 14.7 Å². The molecule has 1 aliphatic rings. The Labute approximate surface area is 162 Å². The molecule has 1 fully saturated rings. The summed E-state index contributed by atoms with van der Waals surface area (Å²) in [6.45, 7) is 9.72. The maximum atomic E-state index is 12.4. The molecule has 0 bridgehead atoms. The molecule has 0 heterocycles. The van der Waals surface area contributed by atoms with Crippen molar-refractivity contribution in [2.24, 2.45) is 5.14 Å². The Balaban J connectivity index is 2.91. The quantitative estimate of drug-likeness (QED) is 0.737. The Hall–Kier alpha value is -1.55. The van der Waals surface area contributed by atoms with Crippen molar-refractivity contribution in [1.82, 2.24) is 9.62 Å². The largest absolute Gasteiger partial charge is 0.446 e. The molecule has 0 aromatic carbocycles. The lowest BCUT2D eigenvalue weighted by molar-refractivity contribution is 0.0260. The van der Waals surface area contributed by atoms with E-state index in [1.165, 1.54) is 20.8 Å². The number of amides is 2. The molecule has 10 heteroatoms. The molecular weight excluding hydrogens is 374 g/mol. The van der Waals surface area contributed by atoms with E-state index >= 15 is 0 Å². The van der Waals surface area contributed by atoms with Crippen LogP contribution in [0.3, 0.4) is 0 Å². The fraction of sp³-hybridized carbons (Fsp3) is 0.882. The lowest BCUT2D eigenvalue weighted by Crippen LogP contribution is -2.57. The van der Waals surface area contributed by atoms with Crippen LogP contribution in [0.5, 0.6) is 0 Å². The third kappa shape index (κ3) is 7.53. The van der Waals surface area contributed by atoms with E-state index in [4.69, 9.17) is 14.6 Å². The molecule has 3 N–H and O–H groups in total. The van der Waals surface area contributed by atoms with E-state index in [2.05, 4.69) is 5.32 Å². The van der Waals surface area contributed by atoms with Crippen molar-refractivity contribution in [2.75, 3.05) is 6.61 Å². The number of carbonyl (C=O) groups is 2. The number of alkyl carbamates (subject to hydrolysis) is 1. The fourth-order valence-electron chi connectivity index (χ4n) is 3.07. The summed E-state index contributed by atoms with van der Waals surface area (Å²) in [6.07, 6.45) is 2.25. The van der Waals surface area contributed by atoms with E-state index in [0.717, 1.165) is 19.3 Å². The predicted octanol–water partition coefficient (Wildman–Crippen LogP) is 2.65. The summed E-state index contributed by atoms with van der Waals surface area (Å²) in [5.41, 5.74) is -2.53. The number of nitrogens with one attached hydrogen (secondary N) is 1. The molecule has 0 spiro atoms. The lowest BCUT2D eigenvalue weighted by atomic mass is 9.82. The normalized spacial score (nSPS) is 17.7. The van der Waals surface area contributed by atoms with Gasteiger partial charge >= 0.3 is 22.4 Å². The van der Waals surface area contributed by atoms with Crippen LogP contribution in [0.1, 0.15) is 73.6 Å². The Morgan fingerprint density at radius 3 is 2.00 bits per heavy atom. The van der Waals surface area contributed by atoms with Crippen LogP contribution >= 0.6 is 0 Å². The maximum absolute atomic E-state index is 12.4. The van der Waals surface area contributed by atoms with Crippen molar-refractivity contribution in [3.63, 3.8) is 0 Å². The minimum atomic E-state index is -4.29. The first-order valence-electron chi connectivity index (χ1n) is 9.07. The van der Waals surface area contributed by atoms with Crippen LogP contribution in [0.2, 0.25) is 0 Å². The first kappa shape index (κ1) is 23.5. The molecule has 1 aliphatic carbocycles. The van der Waals surface area contributed by atoms with Crippen LogP contribution in [-0.2, 0) is 19.7 Å². The molecule has 9 nitrogen and oxygen atoms in total. The first-order chi connectivity index (χ1) is 12.1. The molecule has 0 unspecified atom stereocenters. The zero-order valence-electron chi connectivity index (χ0n) is 17.1. The summed E-state index contributed by atoms with van der Waals surface area (Å²) in [6, 6.07) is 0. The predicted molar refractivity (Wildman–Crippen MR) is 101 cm³/mol. The van der Waals surface area contributed by atoms with Gasteiger partial charge in [0, 0.05) is 0 Å². The second-order valence-electron chi connectivity index (χ2n) is 9.00. The van der Waals surface area contributed by atoms with Crippen LogP contribution in [0.25, 0.3) is 0 Å². The summed E-state index contributed by atoms with van der Waals surface area (Å²) < 4.78 is 34.7. The second kappa shape index (κ2) is 8.22. The van der Waals surface area contributed by atoms with Crippen LogP contribution in [-0.4, -0.2) is 48.2 Å². The average Bonchev–Trinajstić information content (AvgIpc) is 2.41. The smallest absolute Gasteiger partial charge is 0.425 e. The SMILES string of the molecule is CC(C)(C)OC(=O)NC1(COC(=O)N(C(C)(C)C)S(N)(=O)=O)CCCCC1. The van der Waals surface area contributed by atoms with E-state index in [0.29, 0.717) is 17.1 Å². The standard InChI is InChI=1S/C17H33N3O6S/c1-15(2,3)20(27(18,23)24)14(22)25-12-17(10-8-7-9-11-17)19-13(21)26-16(4,5)6/h7-12H2,1-6H3,(H,19,21)(H2,18,23,24). The highest BCUT2D eigenvalue weighted by molar-refractivity contribution is 7.87. The van der Waals surface area contributed by atoms with Gasteiger partial charge in [0.25, 0.3) is 0 Å². The molecule has 1 saturated carbocycles. The van der Waals surface area contributed by atoms with Crippen LogP contribution < -0.4 is 10.5 Å². The van der Waals surface area contributed by atoms with Gasteiger partial charge in [-0.3, -0.25) is 0 Å². The Kier molecular flexibility index (Phi) is 7.15. The first-order valence-corrected chi connectivity index (χ1v) is 10.6. The molecule has 2 amide bonds. The van der Waals surface area contributed by atoms with Crippen LogP contribution in [0, 0.1) is 0 Å². The zero-order chi connectivity index (χ0) is 21.1. The summed E-state index contributed by atoms with van der Waals surface area (Å²) in [7, 11) is -4.29. The number of hydrogen-bond acceptors (Lipinski definition) is 6. The number of carbonyl (C=O) groups excluding carboxylic acids is 2. The van der Waals surface area contributed by atoms with Crippen molar-refractivity contribution in [2.45, 2.75) is 90.3 Å². The Morgan fingerprint density at radius 2 is 1.59 bits per heavy atom. The molecule has 158 valence electrons. The fourth-order valence-corrected chi connectivity index (χ4v) is 4.10. The van der Waals surface area contributed by atoms with Crippen molar-refractivity contribution >= 4 is 22.4 Å². The van der Waals surface area contributed by atoms with Gasteiger partial charge < -0.3 is 14.8 Å². The van der Waals surface area contributed by atoms with E-state index in [1.54, 1.807) is 20.8 Å². The van der Waals surface area contributed by atoms with Gasteiger partial charge in [0.05, 0.1) is 11.1 Å². The summed E-state index contributed by atoms with van der Waals surface area (Å²) in [5.74, 6) is 0. The van der Waals surface area contributed by atoms with Crippen LogP contribution in [0.15, 0.2) is 0 Å². The highest BCUT2D eigenvalue weighted by Crippen LogP contribution is 2.30. The van der Waals surface area contributed by atoms with Gasteiger partial charge in [-0.1, -0.05) is 19.3 Å². The maximum Gasteiger partial charge on any atom is 0.425 e. The van der Waals surface area contributed by atoms with Gasteiger partial charge in [0.2, 0.25) is 0 Å². The molecule has 1 rings (SSSR count). The molecular formula is C17H33N3O6S. The minimum Gasteiger partial charge on any atom is -0.446 e. The number of hydrogen-bond donors (Lipinski definition) is 2. The third-order valence-corrected chi connectivity index (χ3v) is 5.28. The number of nitrogens with zero attached hydrogens (tertiary/aromatic N) is 1. The monoisotopic (exact) mass is 407 g/mol. The highest BCUT2D eigenvalue weighted by Gasteiger charge is 2.40. The van der Waals surface area contributed by atoms with Gasteiger partial charge in [-0.15, -0.1) is 0 Å². The highest BCUT2D eigenvalue weighted by atomic mass is 32.2. The molecule has 0 radical (unpaired) electrons. The van der Waals surface area contributed by atoms with Gasteiger partial charge in [-0.2, -0.15) is 12.7 Å². The third-order valence-electron chi connectivity index (χ3n) is 4.08. The van der Waals surface area contributed by atoms with Gasteiger partial charge in [0.1, 0.15) is 12.2 Å². The topological polar surface area (TPSA) is 128 Å². The lowest BCUT2D eigenvalue weighted by Gasteiger charge is -2.39. The van der Waals surface area contributed by atoms with Gasteiger partial charge in [0.15, 0.2) is 0 Å². The molecule has 0 atom stereocenters. The van der Waals surface area contributed by atoms with Crippen molar-refractivity contribution < 1.29 is 27.5 Å². The Bertz CT molecular complexity index is 643. The molecule has 27 heavy (non-hydrogen) atoms. The van der Waals surface area contributed by atoms with Crippen LogP contribution in [0.4, 0.5) is 9.59 Å². The minimum absolute atomic E-state index is 0.160. The van der Waals surface area contributed by atoms with E-state index in [-0.39, 0.29) is 6.61 Å². The molecule has 0 aromatic heterocycles. The van der Waals surface area contributed by atoms with E-state index in [9.17, 15) is 18.0 Å². The number of rotatable bonds is 4. The second-order valence-corrected chi connectivity index (χ2v) is 10.4. The molecule has 0 aliphatic heterocycles. The number of ether oxygens (including phenoxy) is 2. The van der Waals surface area contributed by atoms with Crippen molar-refractivity contribution in [3.8, 4) is 0 Å².